The van der Waals surface area contributed by atoms with Crippen LogP contribution in [0.3, 0.4) is 0 Å². The van der Waals surface area contributed by atoms with E-state index in [9.17, 15) is 9.18 Å². The Bertz CT molecular complexity index is 816. The number of hydrogen-bond acceptors (Lipinski definition) is 3. The Morgan fingerprint density at radius 1 is 1.10 bits per heavy atom. The molecule has 0 fully saturated rings. The summed E-state index contributed by atoms with van der Waals surface area (Å²) in [5.74, 6) is -1.31. The smallest absolute Gasteiger partial charge is 0.335 e. The first-order valence-electron chi connectivity index (χ1n) is 6.28. The third-order valence-electron chi connectivity index (χ3n) is 3.11. The number of aromatic nitrogens is 1. The third-order valence-corrected chi connectivity index (χ3v) is 3.11. The van der Waals surface area contributed by atoms with Gasteiger partial charge in [-0.05, 0) is 48.5 Å². The Morgan fingerprint density at radius 2 is 1.86 bits per heavy atom. The van der Waals surface area contributed by atoms with Crippen molar-refractivity contribution in [1.29, 1.82) is 0 Å². The molecule has 4 nitrogen and oxygen atoms in total. The van der Waals surface area contributed by atoms with Crippen LogP contribution in [0.1, 0.15) is 10.4 Å². The van der Waals surface area contributed by atoms with Crippen LogP contribution in [0.15, 0.2) is 54.7 Å². The molecule has 3 aromatic rings. The zero-order chi connectivity index (χ0) is 14.8. The van der Waals surface area contributed by atoms with Gasteiger partial charge in [0, 0.05) is 23.0 Å². The Labute approximate surface area is 119 Å². The molecule has 0 saturated heterocycles. The Morgan fingerprint density at radius 3 is 2.57 bits per heavy atom. The van der Waals surface area contributed by atoms with Crippen molar-refractivity contribution in [1.82, 2.24) is 4.98 Å². The maximum Gasteiger partial charge on any atom is 0.335 e. The summed E-state index contributed by atoms with van der Waals surface area (Å²) in [6.07, 6.45) is 1.63. The number of carbonyl (C=O) groups is 1. The first-order valence-corrected chi connectivity index (χ1v) is 6.28. The van der Waals surface area contributed by atoms with Gasteiger partial charge in [0.25, 0.3) is 0 Å². The lowest BCUT2D eigenvalue weighted by Crippen LogP contribution is -1.97. The van der Waals surface area contributed by atoms with E-state index in [0.717, 1.165) is 5.69 Å². The van der Waals surface area contributed by atoms with Gasteiger partial charge in [-0.3, -0.25) is 4.98 Å². The van der Waals surface area contributed by atoms with E-state index in [-0.39, 0.29) is 11.4 Å². The number of pyridine rings is 1. The number of nitrogens with zero attached hydrogens (tertiary/aromatic N) is 1. The highest BCUT2D eigenvalue weighted by Crippen LogP contribution is 2.25. The first kappa shape index (κ1) is 13.1. The van der Waals surface area contributed by atoms with Crippen molar-refractivity contribution >= 4 is 28.2 Å². The fourth-order valence-electron chi connectivity index (χ4n) is 2.08. The SMILES string of the molecule is O=C(O)c1ccc(Nc2ccnc3ccc(F)cc23)cc1. The molecule has 0 radical (unpaired) electrons. The van der Waals surface area contributed by atoms with Crippen LogP contribution < -0.4 is 5.32 Å². The number of carboxylic acids is 1. The average molecular weight is 282 g/mol. The maximum atomic E-state index is 13.4. The fraction of sp³-hybridized carbons (Fsp3) is 0. The number of halogens is 1. The van der Waals surface area contributed by atoms with E-state index in [1.807, 2.05) is 0 Å². The average Bonchev–Trinajstić information content (AvgIpc) is 2.48. The zero-order valence-corrected chi connectivity index (χ0v) is 10.9. The van der Waals surface area contributed by atoms with Crippen LogP contribution >= 0.6 is 0 Å². The van der Waals surface area contributed by atoms with Gasteiger partial charge >= 0.3 is 5.97 Å². The third kappa shape index (κ3) is 2.67. The summed E-state index contributed by atoms with van der Waals surface area (Å²) >= 11 is 0. The predicted octanol–water partition coefficient (Wildman–Crippen LogP) is 3.82. The van der Waals surface area contributed by atoms with Gasteiger partial charge in [0.05, 0.1) is 11.1 Å². The quantitative estimate of drug-likeness (QED) is 0.766. The molecule has 1 aromatic heterocycles. The second kappa shape index (κ2) is 5.20. The second-order valence-corrected chi connectivity index (χ2v) is 4.53. The van der Waals surface area contributed by atoms with Gasteiger partial charge in [-0.1, -0.05) is 0 Å². The summed E-state index contributed by atoms with van der Waals surface area (Å²) in [5, 5.41) is 12.7. The van der Waals surface area contributed by atoms with Gasteiger partial charge in [-0.25, -0.2) is 9.18 Å². The van der Waals surface area contributed by atoms with E-state index < -0.39 is 5.97 Å². The Hall–Kier alpha value is -2.95. The minimum Gasteiger partial charge on any atom is -0.478 e. The molecular weight excluding hydrogens is 271 g/mol. The molecule has 2 aromatic carbocycles. The van der Waals surface area contributed by atoms with Gasteiger partial charge < -0.3 is 10.4 Å². The molecule has 21 heavy (non-hydrogen) atoms. The highest BCUT2D eigenvalue weighted by molar-refractivity contribution is 5.93. The number of nitrogens with one attached hydrogen (secondary N) is 1. The monoisotopic (exact) mass is 282 g/mol. The second-order valence-electron chi connectivity index (χ2n) is 4.53. The summed E-state index contributed by atoms with van der Waals surface area (Å²) in [4.78, 5) is 15.0. The number of carboxylic acid groups (broad SMARTS) is 1. The number of rotatable bonds is 3. The molecule has 0 spiro atoms. The number of fused-ring (bicyclic) bond motifs is 1. The van der Waals surface area contributed by atoms with Crippen molar-refractivity contribution in [2.45, 2.75) is 0 Å². The molecule has 0 unspecified atom stereocenters. The van der Waals surface area contributed by atoms with Crippen molar-refractivity contribution in [2.75, 3.05) is 5.32 Å². The fourth-order valence-corrected chi connectivity index (χ4v) is 2.08. The number of anilines is 2. The lowest BCUT2D eigenvalue weighted by atomic mass is 10.1. The van der Waals surface area contributed by atoms with Crippen LogP contribution in [0.2, 0.25) is 0 Å². The molecule has 1 heterocycles. The summed E-state index contributed by atoms with van der Waals surface area (Å²) in [7, 11) is 0. The Kier molecular flexibility index (Phi) is 3.23. The van der Waals surface area contributed by atoms with E-state index in [4.69, 9.17) is 5.11 Å². The highest BCUT2D eigenvalue weighted by atomic mass is 19.1. The van der Waals surface area contributed by atoms with Crippen LogP contribution in [-0.4, -0.2) is 16.1 Å². The molecular formula is C16H11FN2O2. The molecule has 0 amide bonds. The highest BCUT2D eigenvalue weighted by Gasteiger charge is 2.05. The van der Waals surface area contributed by atoms with E-state index >= 15 is 0 Å². The summed E-state index contributed by atoms with van der Waals surface area (Å²) in [6.45, 7) is 0. The van der Waals surface area contributed by atoms with Crippen molar-refractivity contribution < 1.29 is 14.3 Å². The van der Waals surface area contributed by atoms with Crippen molar-refractivity contribution in [3.8, 4) is 0 Å². The summed E-state index contributed by atoms with van der Waals surface area (Å²) in [6, 6.07) is 12.5. The largest absolute Gasteiger partial charge is 0.478 e. The van der Waals surface area contributed by atoms with Gasteiger partial charge in [0.2, 0.25) is 0 Å². The molecule has 0 bridgehead atoms. The molecule has 3 rings (SSSR count). The molecule has 5 heteroatoms. The lowest BCUT2D eigenvalue weighted by molar-refractivity contribution is 0.0697. The molecule has 0 saturated carbocycles. The molecule has 0 aliphatic heterocycles. The van der Waals surface area contributed by atoms with Gasteiger partial charge in [0.15, 0.2) is 0 Å². The summed E-state index contributed by atoms with van der Waals surface area (Å²) in [5.41, 5.74) is 2.33. The zero-order valence-electron chi connectivity index (χ0n) is 10.9. The number of benzene rings is 2. The lowest BCUT2D eigenvalue weighted by Gasteiger charge is -2.09. The minimum atomic E-state index is -0.974. The maximum absolute atomic E-state index is 13.4. The van der Waals surface area contributed by atoms with Crippen LogP contribution in [0.5, 0.6) is 0 Å². The van der Waals surface area contributed by atoms with E-state index in [0.29, 0.717) is 16.6 Å². The number of aromatic carboxylic acids is 1. The predicted molar refractivity (Wildman–Crippen MR) is 78.4 cm³/mol. The molecule has 0 aliphatic carbocycles. The van der Waals surface area contributed by atoms with E-state index in [1.54, 1.807) is 30.5 Å². The van der Waals surface area contributed by atoms with Crippen LogP contribution in [0.4, 0.5) is 15.8 Å². The summed E-state index contributed by atoms with van der Waals surface area (Å²) < 4.78 is 13.4. The molecule has 0 aliphatic rings. The van der Waals surface area contributed by atoms with Crippen LogP contribution in [-0.2, 0) is 0 Å². The minimum absolute atomic E-state index is 0.214. The Balaban J connectivity index is 1.97. The van der Waals surface area contributed by atoms with Crippen LogP contribution in [0, 0.1) is 5.82 Å². The van der Waals surface area contributed by atoms with Gasteiger partial charge in [0.1, 0.15) is 5.82 Å². The van der Waals surface area contributed by atoms with Crippen molar-refractivity contribution in [3.63, 3.8) is 0 Å². The van der Waals surface area contributed by atoms with Crippen molar-refractivity contribution in [3.05, 3.63) is 66.1 Å². The normalized spacial score (nSPS) is 10.5. The standard InChI is InChI=1S/C16H11FN2O2/c17-11-3-6-14-13(9-11)15(7-8-18-14)19-12-4-1-10(2-5-12)16(20)21/h1-9H,(H,18,19)(H,20,21). The first-order chi connectivity index (χ1) is 10.1. The van der Waals surface area contributed by atoms with Gasteiger partial charge in [-0.2, -0.15) is 0 Å². The van der Waals surface area contributed by atoms with Crippen molar-refractivity contribution in [2.24, 2.45) is 0 Å². The van der Waals surface area contributed by atoms with E-state index in [2.05, 4.69) is 10.3 Å². The molecule has 0 atom stereocenters. The topological polar surface area (TPSA) is 62.2 Å². The number of hydrogen-bond donors (Lipinski definition) is 2. The van der Waals surface area contributed by atoms with Gasteiger partial charge in [-0.15, -0.1) is 0 Å². The molecule has 104 valence electrons. The van der Waals surface area contributed by atoms with Crippen LogP contribution in [0.25, 0.3) is 10.9 Å². The molecule has 2 N–H and O–H groups in total. The van der Waals surface area contributed by atoms with E-state index in [1.165, 1.54) is 24.3 Å².